The Morgan fingerprint density at radius 3 is 2.81 bits per heavy atom. The molecule has 2 N–H and O–H groups in total. The molecular weight excluding hydrogens is 294 g/mol. The van der Waals surface area contributed by atoms with Gasteiger partial charge in [-0.05, 0) is 24.1 Å². The Bertz CT molecular complexity index is 362. The topological polar surface area (TPSA) is 29.3 Å². The summed E-state index contributed by atoms with van der Waals surface area (Å²) in [7, 11) is 0. The van der Waals surface area contributed by atoms with E-state index in [1.165, 1.54) is 12.1 Å². The molecule has 0 radical (unpaired) electrons. The van der Waals surface area contributed by atoms with Crippen molar-refractivity contribution in [3.05, 3.63) is 34.1 Å². The van der Waals surface area contributed by atoms with Crippen molar-refractivity contribution in [2.75, 3.05) is 13.1 Å². The highest BCUT2D eigenvalue weighted by Gasteiger charge is 2.19. The summed E-state index contributed by atoms with van der Waals surface area (Å²) in [6.07, 6.45) is 1.05. The monoisotopic (exact) mass is 308 g/mol. The zero-order chi connectivity index (χ0) is 10.8. The van der Waals surface area contributed by atoms with Gasteiger partial charge in [-0.2, -0.15) is 0 Å². The first-order valence-corrected chi connectivity index (χ1v) is 5.86. The SMILES string of the molecule is Cl.NC1CCN(Cc2ccc(F)cc2Br)C1. The third kappa shape index (κ3) is 3.42. The number of nitrogens with zero attached hydrogens (tertiary/aromatic N) is 1. The summed E-state index contributed by atoms with van der Waals surface area (Å²) in [5.74, 6) is -0.205. The van der Waals surface area contributed by atoms with E-state index in [9.17, 15) is 4.39 Å². The molecule has 90 valence electrons. The first kappa shape index (κ1) is 13.9. The van der Waals surface area contributed by atoms with Crippen LogP contribution in [0.4, 0.5) is 4.39 Å². The molecule has 1 aromatic carbocycles. The number of nitrogens with two attached hydrogens (primary N) is 1. The molecule has 0 aromatic heterocycles. The highest BCUT2D eigenvalue weighted by atomic mass is 79.9. The van der Waals surface area contributed by atoms with Crippen molar-refractivity contribution in [2.24, 2.45) is 5.73 Å². The van der Waals surface area contributed by atoms with Crippen LogP contribution in [0.5, 0.6) is 0 Å². The van der Waals surface area contributed by atoms with Gasteiger partial charge in [-0.25, -0.2) is 4.39 Å². The van der Waals surface area contributed by atoms with Gasteiger partial charge in [0.2, 0.25) is 0 Å². The van der Waals surface area contributed by atoms with Crippen LogP contribution in [0.1, 0.15) is 12.0 Å². The summed E-state index contributed by atoms with van der Waals surface area (Å²) < 4.78 is 13.7. The van der Waals surface area contributed by atoms with Crippen LogP contribution < -0.4 is 5.73 Å². The minimum absolute atomic E-state index is 0. The number of hydrogen-bond acceptors (Lipinski definition) is 2. The summed E-state index contributed by atoms with van der Waals surface area (Å²) in [6, 6.07) is 5.12. The molecule has 0 aliphatic carbocycles. The Labute approximate surface area is 110 Å². The van der Waals surface area contributed by atoms with E-state index in [2.05, 4.69) is 20.8 Å². The van der Waals surface area contributed by atoms with E-state index in [0.717, 1.165) is 36.1 Å². The molecule has 0 spiro atoms. The fourth-order valence-corrected chi connectivity index (χ4v) is 2.37. The van der Waals surface area contributed by atoms with Crippen molar-refractivity contribution in [1.29, 1.82) is 0 Å². The molecule has 1 aliphatic heterocycles. The second-order valence-electron chi connectivity index (χ2n) is 4.02. The molecule has 2 rings (SSSR count). The zero-order valence-corrected chi connectivity index (χ0v) is 11.2. The number of rotatable bonds is 2. The van der Waals surface area contributed by atoms with E-state index in [4.69, 9.17) is 5.73 Å². The maximum atomic E-state index is 12.9. The van der Waals surface area contributed by atoms with Gasteiger partial charge in [-0.3, -0.25) is 4.90 Å². The average molecular weight is 310 g/mol. The second kappa shape index (κ2) is 5.96. The third-order valence-electron chi connectivity index (χ3n) is 2.72. The van der Waals surface area contributed by atoms with Crippen molar-refractivity contribution in [1.82, 2.24) is 4.90 Å². The summed E-state index contributed by atoms with van der Waals surface area (Å²) in [6.45, 7) is 2.81. The van der Waals surface area contributed by atoms with Gasteiger partial charge >= 0.3 is 0 Å². The number of benzene rings is 1. The number of hydrogen-bond donors (Lipinski definition) is 1. The Morgan fingerprint density at radius 1 is 1.50 bits per heavy atom. The molecule has 1 aromatic rings. The van der Waals surface area contributed by atoms with Crippen LogP contribution in [0, 0.1) is 5.82 Å². The molecule has 1 aliphatic rings. The van der Waals surface area contributed by atoms with Gasteiger partial charge in [-0.1, -0.05) is 22.0 Å². The smallest absolute Gasteiger partial charge is 0.124 e. The van der Waals surface area contributed by atoms with Gasteiger partial charge in [0.1, 0.15) is 5.82 Å². The fraction of sp³-hybridized carbons (Fsp3) is 0.455. The van der Waals surface area contributed by atoms with Gasteiger partial charge in [0.15, 0.2) is 0 Å². The Kier molecular flexibility index (Phi) is 5.18. The molecule has 1 unspecified atom stereocenters. The Morgan fingerprint density at radius 2 is 2.25 bits per heavy atom. The lowest BCUT2D eigenvalue weighted by Crippen LogP contribution is -2.26. The lowest BCUT2D eigenvalue weighted by atomic mass is 10.2. The molecule has 1 fully saturated rings. The van der Waals surface area contributed by atoms with E-state index in [-0.39, 0.29) is 18.2 Å². The van der Waals surface area contributed by atoms with E-state index in [1.54, 1.807) is 0 Å². The van der Waals surface area contributed by atoms with E-state index >= 15 is 0 Å². The predicted molar refractivity (Wildman–Crippen MR) is 69.2 cm³/mol. The summed E-state index contributed by atoms with van der Waals surface area (Å²) >= 11 is 3.37. The van der Waals surface area contributed by atoms with Crippen LogP contribution >= 0.6 is 28.3 Å². The van der Waals surface area contributed by atoms with Crippen LogP contribution in [-0.4, -0.2) is 24.0 Å². The molecule has 16 heavy (non-hydrogen) atoms. The Balaban J connectivity index is 0.00000128. The maximum absolute atomic E-state index is 12.9. The van der Waals surface area contributed by atoms with Crippen LogP contribution in [0.15, 0.2) is 22.7 Å². The molecule has 2 nitrogen and oxygen atoms in total. The minimum atomic E-state index is -0.205. The van der Waals surface area contributed by atoms with Crippen molar-refractivity contribution in [3.63, 3.8) is 0 Å². The van der Waals surface area contributed by atoms with Crippen LogP contribution in [0.25, 0.3) is 0 Å². The molecule has 1 saturated heterocycles. The lowest BCUT2D eigenvalue weighted by molar-refractivity contribution is 0.326. The van der Waals surface area contributed by atoms with E-state index < -0.39 is 0 Å². The molecule has 1 heterocycles. The van der Waals surface area contributed by atoms with Gasteiger partial charge in [0.05, 0.1) is 0 Å². The average Bonchev–Trinajstić information content (AvgIpc) is 2.56. The van der Waals surface area contributed by atoms with Crippen LogP contribution in [-0.2, 0) is 6.54 Å². The quantitative estimate of drug-likeness (QED) is 0.910. The van der Waals surface area contributed by atoms with Crippen molar-refractivity contribution in [2.45, 2.75) is 19.0 Å². The molecule has 0 amide bonds. The largest absolute Gasteiger partial charge is 0.326 e. The highest BCUT2D eigenvalue weighted by Crippen LogP contribution is 2.21. The number of halogens is 3. The van der Waals surface area contributed by atoms with Gasteiger partial charge in [0, 0.05) is 30.1 Å². The summed E-state index contributed by atoms with van der Waals surface area (Å²) in [5, 5.41) is 0. The Hall–Kier alpha value is -0.160. The normalized spacial score (nSPS) is 20.8. The van der Waals surface area contributed by atoms with Crippen molar-refractivity contribution < 1.29 is 4.39 Å². The first-order valence-electron chi connectivity index (χ1n) is 5.07. The zero-order valence-electron chi connectivity index (χ0n) is 8.83. The van der Waals surface area contributed by atoms with Gasteiger partial charge in [-0.15, -0.1) is 12.4 Å². The molecule has 5 heteroatoms. The predicted octanol–water partition coefficient (Wildman–Crippen LogP) is 2.54. The second-order valence-corrected chi connectivity index (χ2v) is 4.87. The maximum Gasteiger partial charge on any atom is 0.124 e. The third-order valence-corrected chi connectivity index (χ3v) is 3.46. The molecule has 0 bridgehead atoms. The van der Waals surface area contributed by atoms with Crippen molar-refractivity contribution >= 4 is 28.3 Å². The van der Waals surface area contributed by atoms with Crippen LogP contribution in [0.2, 0.25) is 0 Å². The minimum Gasteiger partial charge on any atom is -0.326 e. The van der Waals surface area contributed by atoms with Crippen LogP contribution in [0.3, 0.4) is 0 Å². The number of likely N-dealkylation sites (tertiary alicyclic amines) is 1. The highest BCUT2D eigenvalue weighted by molar-refractivity contribution is 9.10. The van der Waals surface area contributed by atoms with Gasteiger partial charge in [0.25, 0.3) is 0 Å². The fourth-order valence-electron chi connectivity index (χ4n) is 1.90. The first-order chi connectivity index (χ1) is 7.15. The molecule has 0 saturated carbocycles. The van der Waals surface area contributed by atoms with E-state index in [0.29, 0.717) is 6.04 Å². The van der Waals surface area contributed by atoms with E-state index in [1.807, 2.05) is 6.07 Å². The van der Waals surface area contributed by atoms with Crippen molar-refractivity contribution in [3.8, 4) is 0 Å². The summed E-state index contributed by atoms with van der Waals surface area (Å²) in [5.41, 5.74) is 6.94. The van der Waals surface area contributed by atoms with Gasteiger partial charge < -0.3 is 5.73 Å². The molecule has 1 atom stereocenters. The standard InChI is InChI=1S/C11H14BrFN2.ClH/c12-11-5-9(13)2-1-8(11)6-15-4-3-10(14)7-15;/h1-2,5,10H,3-4,6-7,14H2;1H. The lowest BCUT2D eigenvalue weighted by Gasteiger charge is -2.16. The summed E-state index contributed by atoms with van der Waals surface area (Å²) in [4.78, 5) is 2.29. The molecular formula is C11H15BrClFN2.